The molecule has 0 amide bonds. The number of nitrogens with one attached hydrogen (secondary N) is 1. The number of aryl methyl sites for hydroxylation is 2. The summed E-state index contributed by atoms with van der Waals surface area (Å²) in [6, 6.07) is 0. The normalized spacial score (nSPS) is 19.7. The first-order chi connectivity index (χ1) is 9.66. The molecule has 2 rings (SSSR count). The quantitative estimate of drug-likeness (QED) is 0.777. The first-order valence-electron chi connectivity index (χ1n) is 7.55. The average Bonchev–Trinajstić information content (AvgIpc) is 2.77. The van der Waals surface area contributed by atoms with Crippen molar-refractivity contribution in [3.63, 3.8) is 0 Å². The zero-order valence-corrected chi connectivity index (χ0v) is 12.9. The molecule has 1 saturated heterocycles. The van der Waals surface area contributed by atoms with Crippen LogP contribution in [-0.2, 0) is 16.0 Å². The van der Waals surface area contributed by atoms with E-state index in [1.165, 1.54) is 18.4 Å². The Kier molecular flexibility index (Phi) is 6.01. The summed E-state index contributed by atoms with van der Waals surface area (Å²) >= 11 is 0. The molecule has 0 aromatic carbocycles. The van der Waals surface area contributed by atoms with Gasteiger partial charge in [-0.05, 0) is 40.2 Å². The molecular weight excluding hydrogens is 254 g/mol. The van der Waals surface area contributed by atoms with Gasteiger partial charge in [0.05, 0.1) is 25.0 Å². The highest BCUT2D eigenvalue weighted by atomic mass is 16.5. The van der Waals surface area contributed by atoms with Crippen molar-refractivity contribution in [2.24, 2.45) is 0 Å². The maximum absolute atomic E-state index is 5.73. The van der Waals surface area contributed by atoms with Crippen LogP contribution in [0.4, 0.5) is 0 Å². The number of hydrogen-bond acceptors (Lipinski definition) is 4. The standard InChI is InChI=1S/C15H27N3O2/c1-12-15(13(2)17-16-12)10-18(3)7-9-19-11-14-6-4-5-8-20-14/h14H,4-11H2,1-3H3,(H,16,17)/t14-/m0/s1. The van der Waals surface area contributed by atoms with Gasteiger partial charge in [0.15, 0.2) is 0 Å². The van der Waals surface area contributed by atoms with Crippen molar-refractivity contribution in [3.05, 3.63) is 17.0 Å². The lowest BCUT2D eigenvalue weighted by Crippen LogP contribution is -2.28. The highest BCUT2D eigenvalue weighted by Crippen LogP contribution is 2.13. The van der Waals surface area contributed by atoms with Gasteiger partial charge in [0.2, 0.25) is 0 Å². The molecule has 20 heavy (non-hydrogen) atoms. The third-order valence-corrected chi connectivity index (χ3v) is 3.90. The molecule has 0 bridgehead atoms. The van der Waals surface area contributed by atoms with E-state index in [9.17, 15) is 0 Å². The molecule has 1 aliphatic heterocycles. The van der Waals surface area contributed by atoms with E-state index in [2.05, 4.69) is 29.1 Å². The molecule has 1 N–H and O–H groups in total. The lowest BCUT2D eigenvalue weighted by Gasteiger charge is -2.23. The van der Waals surface area contributed by atoms with Crippen LogP contribution in [0.25, 0.3) is 0 Å². The number of likely N-dealkylation sites (N-methyl/N-ethyl adjacent to an activating group) is 1. The highest BCUT2D eigenvalue weighted by molar-refractivity contribution is 5.22. The predicted molar refractivity (Wildman–Crippen MR) is 78.8 cm³/mol. The summed E-state index contributed by atoms with van der Waals surface area (Å²) in [4.78, 5) is 2.27. The van der Waals surface area contributed by atoms with Crippen LogP contribution in [0, 0.1) is 13.8 Å². The summed E-state index contributed by atoms with van der Waals surface area (Å²) in [5, 5.41) is 7.26. The molecule has 0 radical (unpaired) electrons. The Labute approximate surface area is 121 Å². The topological polar surface area (TPSA) is 50.4 Å². The van der Waals surface area contributed by atoms with Crippen molar-refractivity contribution in [2.75, 3.05) is 33.4 Å². The highest BCUT2D eigenvalue weighted by Gasteiger charge is 2.14. The predicted octanol–water partition coefficient (Wildman–Crippen LogP) is 2.04. The van der Waals surface area contributed by atoms with Gasteiger partial charge in [-0.3, -0.25) is 10.00 Å². The summed E-state index contributed by atoms with van der Waals surface area (Å²) in [6.07, 6.45) is 3.92. The molecule has 114 valence electrons. The zero-order valence-electron chi connectivity index (χ0n) is 12.9. The molecule has 1 fully saturated rings. The van der Waals surface area contributed by atoms with Crippen LogP contribution in [0.15, 0.2) is 0 Å². The van der Waals surface area contributed by atoms with Gasteiger partial charge in [-0.25, -0.2) is 0 Å². The SMILES string of the molecule is Cc1n[nH]c(C)c1CN(C)CCOC[C@@H]1CCCCO1. The summed E-state index contributed by atoms with van der Waals surface area (Å²) in [5.74, 6) is 0. The van der Waals surface area contributed by atoms with Crippen molar-refractivity contribution < 1.29 is 9.47 Å². The van der Waals surface area contributed by atoms with Gasteiger partial charge >= 0.3 is 0 Å². The van der Waals surface area contributed by atoms with E-state index in [1.807, 2.05) is 6.92 Å². The van der Waals surface area contributed by atoms with Crippen LogP contribution in [0.5, 0.6) is 0 Å². The van der Waals surface area contributed by atoms with Crippen LogP contribution < -0.4 is 0 Å². The summed E-state index contributed by atoms with van der Waals surface area (Å²) in [5.41, 5.74) is 3.54. The van der Waals surface area contributed by atoms with Gasteiger partial charge in [-0.2, -0.15) is 5.10 Å². The molecule has 0 aliphatic carbocycles. The molecule has 1 aromatic rings. The lowest BCUT2D eigenvalue weighted by molar-refractivity contribution is -0.0429. The Morgan fingerprint density at radius 3 is 2.90 bits per heavy atom. The fourth-order valence-electron chi connectivity index (χ4n) is 2.53. The van der Waals surface area contributed by atoms with Gasteiger partial charge < -0.3 is 9.47 Å². The van der Waals surface area contributed by atoms with E-state index < -0.39 is 0 Å². The van der Waals surface area contributed by atoms with Crippen molar-refractivity contribution in [3.8, 4) is 0 Å². The fraction of sp³-hybridized carbons (Fsp3) is 0.800. The number of nitrogens with zero attached hydrogens (tertiary/aromatic N) is 2. The second kappa shape index (κ2) is 7.76. The second-order valence-electron chi connectivity index (χ2n) is 5.71. The van der Waals surface area contributed by atoms with Crippen LogP contribution in [0.1, 0.15) is 36.2 Å². The molecule has 1 atom stereocenters. The minimum absolute atomic E-state index is 0.312. The Bertz CT molecular complexity index is 380. The van der Waals surface area contributed by atoms with E-state index in [1.54, 1.807) is 0 Å². The first kappa shape index (κ1) is 15.5. The van der Waals surface area contributed by atoms with E-state index in [0.717, 1.165) is 50.7 Å². The first-order valence-corrected chi connectivity index (χ1v) is 7.55. The molecule has 0 saturated carbocycles. The molecule has 1 aliphatic rings. The number of aromatic amines is 1. The van der Waals surface area contributed by atoms with Crippen LogP contribution in [0.3, 0.4) is 0 Å². The van der Waals surface area contributed by atoms with Gasteiger partial charge in [-0.1, -0.05) is 0 Å². The lowest BCUT2D eigenvalue weighted by atomic mass is 10.1. The van der Waals surface area contributed by atoms with Crippen molar-refractivity contribution in [1.29, 1.82) is 0 Å². The zero-order chi connectivity index (χ0) is 14.4. The Balaban J connectivity index is 1.61. The number of ether oxygens (including phenoxy) is 2. The summed E-state index contributed by atoms with van der Waals surface area (Å²) in [6.45, 7) is 8.34. The fourth-order valence-corrected chi connectivity index (χ4v) is 2.53. The minimum Gasteiger partial charge on any atom is -0.377 e. The van der Waals surface area contributed by atoms with Crippen molar-refractivity contribution >= 4 is 0 Å². The second-order valence-corrected chi connectivity index (χ2v) is 5.71. The maximum atomic E-state index is 5.73. The minimum atomic E-state index is 0.312. The number of aromatic nitrogens is 2. The molecule has 5 nitrogen and oxygen atoms in total. The number of hydrogen-bond donors (Lipinski definition) is 1. The van der Waals surface area contributed by atoms with Gasteiger partial charge in [0.25, 0.3) is 0 Å². The monoisotopic (exact) mass is 281 g/mol. The molecule has 5 heteroatoms. The maximum Gasteiger partial charge on any atom is 0.0808 e. The average molecular weight is 281 g/mol. The van der Waals surface area contributed by atoms with Crippen LogP contribution in [-0.4, -0.2) is 54.6 Å². The van der Waals surface area contributed by atoms with E-state index >= 15 is 0 Å². The molecule has 1 aromatic heterocycles. The van der Waals surface area contributed by atoms with E-state index in [0.29, 0.717) is 6.10 Å². The van der Waals surface area contributed by atoms with E-state index in [4.69, 9.17) is 9.47 Å². The largest absolute Gasteiger partial charge is 0.377 e. The van der Waals surface area contributed by atoms with Gasteiger partial charge in [0, 0.05) is 31.0 Å². The van der Waals surface area contributed by atoms with Crippen LogP contribution >= 0.6 is 0 Å². The molecule has 0 unspecified atom stereocenters. The molecule has 0 spiro atoms. The van der Waals surface area contributed by atoms with Gasteiger partial charge in [0.1, 0.15) is 0 Å². The Morgan fingerprint density at radius 2 is 2.25 bits per heavy atom. The smallest absolute Gasteiger partial charge is 0.0808 e. The molecule has 2 heterocycles. The van der Waals surface area contributed by atoms with E-state index in [-0.39, 0.29) is 0 Å². The third kappa shape index (κ3) is 4.58. The third-order valence-electron chi connectivity index (χ3n) is 3.90. The summed E-state index contributed by atoms with van der Waals surface area (Å²) < 4.78 is 11.4. The van der Waals surface area contributed by atoms with Crippen LogP contribution in [0.2, 0.25) is 0 Å². The van der Waals surface area contributed by atoms with Crippen molar-refractivity contribution in [2.45, 2.75) is 45.8 Å². The molecular formula is C15H27N3O2. The van der Waals surface area contributed by atoms with Gasteiger partial charge in [-0.15, -0.1) is 0 Å². The Morgan fingerprint density at radius 1 is 1.40 bits per heavy atom. The van der Waals surface area contributed by atoms with Crippen molar-refractivity contribution in [1.82, 2.24) is 15.1 Å². The number of H-pyrrole nitrogens is 1. The summed E-state index contributed by atoms with van der Waals surface area (Å²) in [7, 11) is 2.12. The Hall–Kier alpha value is -0.910. The number of rotatable bonds is 7.